The zero-order valence-electron chi connectivity index (χ0n) is 10.0. The molecule has 0 unspecified atom stereocenters. The van der Waals surface area contributed by atoms with Crippen LogP contribution in [0.25, 0.3) is 11.3 Å². The van der Waals surface area contributed by atoms with Gasteiger partial charge < -0.3 is 0 Å². The molecule has 0 atom stereocenters. The van der Waals surface area contributed by atoms with Gasteiger partial charge in [-0.3, -0.25) is 5.10 Å². The summed E-state index contributed by atoms with van der Waals surface area (Å²) < 4.78 is 26.6. The zero-order valence-corrected chi connectivity index (χ0v) is 10.0. The van der Waals surface area contributed by atoms with Gasteiger partial charge in [0.25, 0.3) is 0 Å². The summed E-state index contributed by atoms with van der Waals surface area (Å²) in [4.78, 5) is 0. The van der Waals surface area contributed by atoms with Gasteiger partial charge in [-0.15, -0.1) is 0 Å². The van der Waals surface area contributed by atoms with Crippen molar-refractivity contribution in [2.24, 2.45) is 0 Å². The van der Waals surface area contributed by atoms with Crippen LogP contribution in [-0.2, 0) is 5.41 Å². The molecule has 0 aliphatic rings. The molecule has 1 aromatic heterocycles. The van der Waals surface area contributed by atoms with Gasteiger partial charge in [0.1, 0.15) is 11.6 Å². The minimum Gasteiger partial charge on any atom is -0.281 e. The number of nitrogens with zero attached hydrogens (tertiary/aromatic N) is 1. The molecule has 90 valence electrons. The molecule has 2 nitrogen and oxygen atoms in total. The normalized spacial score (nSPS) is 11.8. The highest BCUT2D eigenvalue weighted by Gasteiger charge is 2.18. The number of rotatable bonds is 1. The van der Waals surface area contributed by atoms with Crippen molar-refractivity contribution in [3.8, 4) is 11.3 Å². The van der Waals surface area contributed by atoms with Crippen molar-refractivity contribution in [1.29, 1.82) is 0 Å². The van der Waals surface area contributed by atoms with Crippen LogP contribution in [0.2, 0.25) is 0 Å². The maximum absolute atomic E-state index is 13.5. The second kappa shape index (κ2) is 3.95. The van der Waals surface area contributed by atoms with Crippen molar-refractivity contribution in [3.63, 3.8) is 0 Å². The maximum Gasteiger partial charge on any atom is 0.132 e. The van der Waals surface area contributed by atoms with E-state index in [1.165, 1.54) is 0 Å². The SMILES string of the molecule is CC(C)(C)c1cc(-c2cc(F)ccc2F)n[nH]1. The van der Waals surface area contributed by atoms with Crippen LogP contribution in [-0.4, -0.2) is 10.2 Å². The van der Waals surface area contributed by atoms with Gasteiger partial charge in [0.2, 0.25) is 0 Å². The standard InChI is InChI=1S/C13H14F2N2/c1-13(2,3)12-7-11(16-17-12)9-6-8(14)4-5-10(9)15/h4-7H,1-3H3,(H,16,17). The summed E-state index contributed by atoms with van der Waals surface area (Å²) in [6.45, 7) is 6.06. The summed E-state index contributed by atoms with van der Waals surface area (Å²) in [5.74, 6) is -0.944. The van der Waals surface area contributed by atoms with Crippen LogP contribution in [0.5, 0.6) is 0 Å². The predicted octanol–water partition coefficient (Wildman–Crippen LogP) is 3.65. The van der Waals surface area contributed by atoms with Crippen LogP contribution < -0.4 is 0 Å². The van der Waals surface area contributed by atoms with Crippen LogP contribution in [0.15, 0.2) is 24.3 Å². The number of aromatic amines is 1. The van der Waals surface area contributed by atoms with Crippen LogP contribution in [0.3, 0.4) is 0 Å². The molecule has 0 aliphatic carbocycles. The minimum absolute atomic E-state index is 0.102. The largest absolute Gasteiger partial charge is 0.281 e. The third-order valence-corrected chi connectivity index (χ3v) is 2.59. The zero-order chi connectivity index (χ0) is 12.6. The van der Waals surface area contributed by atoms with E-state index >= 15 is 0 Å². The average molecular weight is 236 g/mol. The van der Waals surface area contributed by atoms with Gasteiger partial charge in [0.15, 0.2) is 0 Å². The average Bonchev–Trinajstić information content (AvgIpc) is 2.70. The Morgan fingerprint density at radius 1 is 1.12 bits per heavy atom. The Labute approximate surface area is 98.7 Å². The number of hydrogen-bond acceptors (Lipinski definition) is 1. The van der Waals surface area contributed by atoms with Crippen LogP contribution in [0, 0.1) is 11.6 Å². The van der Waals surface area contributed by atoms with Gasteiger partial charge in [-0.1, -0.05) is 20.8 Å². The molecule has 17 heavy (non-hydrogen) atoms. The summed E-state index contributed by atoms with van der Waals surface area (Å²) >= 11 is 0. The topological polar surface area (TPSA) is 28.7 Å². The van der Waals surface area contributed by atoms with Crippen molar-refractivity contribution >= 4 is 0 Å². The maximum atomic E-state index is 13.5. The molecule has 0 amide bonds. The van der Waals surface area contributed by atoms with E-state index in [9.17, 15) is 8.78 Å². The quantitative estimate of drug-likeness (QED) is 0.804. The first-order valence-corrected chi connectivity index (χ1v) is 5.39. The molecule has 2 rings (SSSR count). The number of nitrogens with one attached hydrogen (secondary N) is 1. The van der Waals surface area contributed by atoms with Gasteiger partial charge in [-0.25, -0.2) is 8.78 Å². The molecule has 0 radical (unpaired) electrons. The van der Waals surface area contributed by atoms with Gasteiger partial charge in [-0.2, -0.15) is 5.10 Å². The molecule has 1 heterocycles. The van der Waals surface area contributed by atoms with Gasteiger partial charge >= 0.3 is 0 Å². The molecule has 2 aromatic rings. The summed E-state index contributed by atoms with van der Waals surface area (Å²) in [6, 6.07) is 5.10. The van der Waals surface area contributed by atoms with Gasteiger partial charge in [0, 0.05) is 16.7 Å². The number of halogens is 2. The highest BCUT2D eigenvalue weighted by molar-refractivity contribution is 5.60. The number of aromatic nitrogens is 2. The number of H-pyrrole nitrogens is 1. The fourth-order valence-corrected chi connectivity index (χ4v) is 1.54. The van der Waals surface area contributed by atoms with Crippen LogP contribution in [0.4, 0.5) is 8.78 Å². The number of hydrogen-bond donors (Lipinski definition) is 1. The van der Waals surface area contributed by atoms with Crippen molar-refractivity contribution in [3.05, 3.63) is 41.6 Å². The minimum atomic E-state index is -0.474. The summed E-state index contributed by atoms with van der Waals surface area (Å²) in [6.07, 6.45) is 0. The second-order valence-corrected chi connectivity index (χ2v) is 5.04. The van der Waals surface area contributed by atoms with Crippen LogP contribution >= 0.6 is 0 Å². The highest BCUT2D eigenvalue weighted by Crippen LogP contribution is 2.27. The van der Waals surface area contributed by atoms with E-state index in [-0.39, 0.29) is 11.0 Å². The molecule has 4 heteroatoms. The molecule has 0 saturated carbocycles. The first kappa shape index (κ1) is 11.8. The monoisotopic (exact) mass is 236 g/mol. The lowest BCUT2D eigenvalue weighted by Crippen LogP contribution is -2.11. The molecule has 0 aliphatic heterocycles. The molecular formula is C13H14F2N2. The summed E-state index contributed by atoms with van der Waals surface area (Å²) in [7, 11) is 0. The summed E-state index contributed by atoms with van der Waals surface area (Å²) in [5.41, 5.74) is 1.38. The Morgan fingerprint density at radius 2 is 1.82 bits per heavy atom. The van der Waals surface area contributed by atoms with E-state index in [2.05, 4.69) is 10.2 Å². The van der Waals surface area contributed by atoms with E-state index < -0.39 is 11.6 Å². The summed E-state index contributed by atoms with van der Waals surface area (Å²) in [5, 5.41) is 6.87. The lowest BCUT2D eigenvalue weighted by Gasteiger charge is -2.14. The van der Waals surface area contributed by atoms with Crippen molar-refractivity contribution in [2.75, 3.05) is 0 Å². The Kier molecular flexibility index (Phi) is 2.73. The molecular weight excluding hydrogens is 222 g/mol. The van der Waals surface area contributed by atoms with Crippen molar-refractivity contribution in [2.45, 2.75) is 26.2 Å². The lowest BCUT2D eigenvalue weighted by atomic mass is 9.92. The molecule has 0 spiro atoms. The first-order chi connectivity index (χ1) is 7.88. The fraction of sp³-hybridized carbons (Fsp3) is 0.308. The van der Waals surface area contributed by atoms with E-state index in [0.717, 1.165) is 23.9 Å². The molecule has 0 bridgehead atoms. The van der Waals surface area contributed by atoms with E-state index in [1.807, 2.05) is 20.8 Å². The Morgan fingerprint density at radius 3 is 2.41 bits per heavy atom. The van der Waals surface area contributed by atoms with Gasteiger partial charge in [-0.05, 0) is 24.3 Å². The Bertz CT molecular complexity index is 539. The molecule has 1 N–H and O–H groups in total. The highest BCUT2D eigenvalue weighted by atomic mass is 19.1. The molecule has 1 aromatic carbocycles. The smallest absolute Gasteiger partial charge is 0.132 e. The van der Waals surface area contributed by atoms with E-state index in [0.29, 0.717) is 5.69 Å². The second-order valence-electron chi connectivity index (χ2n) is 5.04. The van der Waals surface area contributed by atoms with Crippen LogP contribution in [0.1, 0.15) is 26.5 Å². The van der Waals surface area contributed by atoms with Gasteiger partial charge in [0.05, 0.1) is 5.69 Å². The first-order valence-electron chi connectivity index (χ1n) is 5.39. The molecule has 0 saturated heterocycles. The number of benzene rings is 1. The lowest BCUT2D eigenvalue weighted by molar-refractivity contribution is 0.567. The van der Waals surface area contributed by atoms with E-state index in [4.69, 9.17) is 0 Å². The Balaban J connectivity index is 2.47. The van der Waals surface area contributed by atoms with Crippen molar-refractivity contribution < 1.29 is 8.78 Å². The van der Waals surface area contributed by atoms with Crippen molar-refractivity contribution in [1.82, 2.24) is 10.2 Å². The molecule has 0 fully saturated rings. The Hall–Kier alpha value is -1.71. The third kappa shape index (κ3) is 2.35. The fourth-order valence-electron chi connectivity index (χ4n) is 1.54. The predicted molar refractivity (Wildman–Crippen MR) is 62.6 cm³/mol. The third-order valence-electron chi connectivity index (χ3n) is 2.59. The van der Waals surface area contributed by atoms with E-state index in [1.54, 1.807) is 6.07 Å².